The number of nitrogens with one attached hydrogen (secondary N) is 1. The van der Waals surface area contributed by atoms with Crippen molar-refractivity contribution in [3.63, 3.8) is 0 Å². The fraction of sp³-hybridized carbons (Fsp3) is 1.00. The van der Waals surface area contributed by atoms with Gasteiger partial charge < -0.3 is 10.1 Å². The molecule has 0 spiro atoms. The minimum Gasteiger partial charge on any atom is -0.370 e. The molecule has 0 rings (SSSR count). The largest absolute Gasteiger partial charge is 0.411 e. The first-order valence-electron chi connectivity index (χ1n) is 5.76. The molecule has 98 valence electrons. The Hall–Kier alpha value is -0.290. The second kappa shape index (κ2) is 7.90. The summed E-state index contributed by atoms with van der Waals surface area (Å²) in [6.45, 7) is 5.81. The third-order valence-electron chi connectivity index (χ3n) is 2.46. The third kappa shape index (κ3) is 8.97. The van der Waals surface area contributed by atoms with E-state index in [-0.39, 0.29) is 12.6 Å². The lowest BCUT2D eigenvalue weighted by Gasteiger charge is -2.21. The van der Waals surface area contributed by atoms with E-state index >= 15 is 0 Å². The van der Waals surface area contributed by atoms with Gasteiger partial charge in [-0.2, -0.15) is 13.2 Å². The number of hydrogen-bond donors (Lipinski definition) is 1. The zero-order chi connectivity index (χ0) is 12.6. The lowest BCUT2D eigenvalue weighted by molar-refractivity contribution is -0.175. The SMILES string of the molecule is CCNC(COCC(F)(F)F)CC(C)CC. The molecule has 5 heteroatoms. The Kier molecular flexibility index (Phi) is 7.76. The van der Waals surface area contributed by atoms with Crippen molar-refractivity contribution < 1.29 is 17.9 Å². The fourth-order valence-corrected chi connectivity index (χ4v) is 1.47. The van der Waals surface area contributed by atoms with Crippen molar-refractivity contribution >= 4 is 0 Å². The molecule has 0 bridgehead atoms. The van der Waals surface area contributed by atoms with Crippen molar-refractivity contribution in [3.05, 3.63) is 0 Å². The van der Waals surface area contributed by atoms with Crippen LogP contribution in [0.5, 0.6) is 0 Å². The van der Waals surface area contributed by atoms with Crippen molar-refractivity contribution in [1.29, 1.82) is 0 Å². The topological polar surface area (TPSA) is 21.3 Å². The average molecular weight is 241 g/mol. The molecule has 0 aromatic rings. The maximum Gasteiger partial charge on any atom is 0.411 e. The van der Waals surface area contributed by atoms with Crippen LogP contribution in [0.25, 0.3) is 0 Å². The van der Waals surface area contributed by atoms with E-state index in [9.17, 15) is 13.2 Å². The van der Waals surface area contributed by atoms with Crippen LogP contribution in [0.2, 0.25) is 0 Å². The summed E-state index contributed by atoms with van der Waals surface area (Å²) in [7, 11) is 0. The number of rotatable bonds is 8. The van der Waals surface area contributed by atoms with Crippen molar-refractivity contribution in [2.24, 2.45) is 5.92 Å². The molecule has 2 unspecified atom stereocenters. The van der Waals surface area contributed by atoms with E-state index in [1.165, 1.54) is 0 Å². The molecule has 2 nitrogen and oxygen atoms in total. The number of ether oxygens (including phenoxy) is 1. The minimum atomic E-state index is -4.23. The average Bonchev–Trinajstić information content (AvgIpc) is 2.15. The van der Waals surface area contributed by atoms with Gasteiger partial charge in [0.15, 0.2) is 0 Å². The van der Waals surface area contributed by atoms with Crippen LogP contribution >= 0.6 is 0 Å². The summed E-state index contributed by atoms with van der Waals surface area (Å²) in [5.41, 5.74) is 0. The van der Waals surface area contributed by atoms with Crippen LogP contribution in [0.1, 0.15) is 33.6 Å². The minimum absolute atomic E-state index is 0.0160. The smallest absolute Gasteiger partial charge is 0.370 e. The molecule has 0 aliphatic carbocycles. The zero-order valence-corrected chi connectivity index (χ0v) is 10.2. The second-order valence-electron chi connectivity index (χ2n) is 4.13. The highest BCUT2D eigenvalue weighted by molar-refractivity contribution is 4.68. The maximum absolute atomic E-state index is 11.9. The third-order valence-corrected chi connectivity index (χ3v) is 2.46. The summed E-state index contributed by atoms with van der Waals surface area (Å²) >= 11 is 0. The first kappa shape index (κ1) is 15.7. The van der Waals surface area contributed by atoms with Crippen LogP contribution in [0.3, 0.4) is 0 Å². The Bertz CT molecular complexity index is 173. The van der Waals surface area contributed by atoms with E-state index in [0.717, 1.165) is 19.4 Å². The van der Waals surface area contributed by atoms with Crippen LogP contribution in [0.4, 0.5) is 13.2 Å². The Morgan fingerprint density at radius 1 is 1.25 bits per heavy atom. The summed E-state index contributed by atoms with van der Waals surface area (Å²) < 4.78 is 40.3. The summed E-state index contributed by atoms with van der Waals surface area (Å²) in [4.78, 5) is 0. The molecule has 0 saturated carbocycles. The van der Waals surface area contributed by atoms with Crippen LogP contribution in [-0.2, 0) is 4.74 Å². The normalized spacial score (nSPS) is 16.1. The van der Waals surface area contributed by atoms with E-state index in [2.05, 4.69) is 23.9 Å². The number of likely N-dealkylation sites (N-methyl/N-ethyl adjacent to an activating group) is 1. The molecule has 0 heterocycles. The molecule has 0 amide bonds. The first-order valence-corrected chi connectivity index (χ1v) is 5.76. The molecule has 1 N–H and O–H groups in total. The van der Waals surface area contributed by atoms with Gasteiger partial charge in [-0.3, -0.25) is 0 Å². The van der Waals surface area contributed by atoms with Gasteiger partial charge in [0.2, 0.25) is 0 Å². The van der Waals surface area contributed by atoms with Crippen molar-refractivity contribution in [2.45, 2.75) is 45.8 Å². The van der Waals surface area contributed by atoms with Gasteiger partial charge in [0.1, 0.15) is 6.61 Å². The number of halogens is 3. The fourth-order valence-electron chi connectivity index (χ4n) is 1.47. The van der Waals surface area contributed by atoms with Gasteiger partial charge in [-0.1, -0.05) is 27.2 Å². The van der Waals surface area contributed by atoms with Gasteiger partial charge in [0.05, 0.1) is 6.61 Å². The lowest BCUT2D eigenvalue weighted by atomic mass is 10.00. The number of hydrogen-bond acceptors (Lipinski definition) is 2. The van der Waals surface area contributed by atoms with Crippen LogP contribution in [0, 0.1) is 5.92 Å². The monoisotopic (exact) mass is 241 g/mol. The van der Waals surface area contributed by atoms with Gasteiger partial charge in [-0.05, 0) is 18.9 Å². The molecule has 0 aliphatic rings. The van der Waals surface area contributed by atoms with Gasteiger partial charge in [0, 0.05) is 6.04 Å². The van der Waals surface area contributed by atoms with E-state index < -0.39 is 12.8 Å². The quantitative estimate of drug-likeness (QED) is 0.705. The molecule has 16 heavy (non-hydrogen) atoms. The van der Waals surface area contributed by atoms with Crippen LogP contribution in [0.15, 0.2) is 0 Å². The first-order chi connectivity index (χ1) is 7.39. The molecule has 2 atom stereocenters. The zero-order valence-electron chi connectivity index (χ0n) is 10.2. The van der Waals surface area contributed by atoms with Crippen LogP contribution < -0.4 is 5.32 Å². The summed E-state index contributed by atoms with van der Waals surface area (Å²) in [5.74, 6) is 0.499. The van der Waals surface area contributed by atoms with Crippen molar-refractivity contribution in [3.8, 4) is 0 Å². The Balaban J connectivity index is 3.84. The van der Waals surface area contributed by atoms with E-state index in [0.29, 0.717) is 5.92 Å². The van der Waals surface area contributed by atoms with E-state index in [1.54, 1.807) is 0 Å². The highest BCUT2D eigenvalue weighted by atomic mass is 19.4. The predicted molar refractivity (Wildman–Crippen MR) is 58.4 cm³/mol. The Labute approximate surface area is 95.5 Å². The van der Waals surface area contributed by atoms with Gasteiger partial charge >= 0.3 is 6.18 Å². The summed E-state index contributed by atoms with van der Waals surface area (Å²) in [6, 6.07) is 0.0160. The van der Waals surface area contributed by atoms with Crippen molar-refractivity contribution in [1.82, 2.24) is 5.32 Å². The highest BCUT2D eigenvalue weighted by Gasteiger charge is 2.27. The molecule has 0 saturated heterocycles. The standard InChI is InChI=1S/C11H22F3NO/c1-4-9(3)6-10(15-5-2)7-16-8-11(12,13)14/h9-10,15H,4-8H2,1-3H3. The Morgan fingerprint density at radius 2 is 1.88 bits per heavy atom. The van der Waals surface area contributed by atoms with Crippen molar-refractivity contribution in [2.75, 3.05) is 19.8 Å². The maximum atomic E-state index is 11.9. The predicted octanol–water partition coefficient (Wildman–Crippen LogP) is 2.98. The van der Waals surface area contributed by atoms with Gasteiger partial charge in [-0.25, -0.2) is 0 Å². The van der Waals surface area contributed by atoms with Gasteiger partial charge in [-0.15, -0.1) is 0 Å². The van der Waals surface area contributed by atoms with Gasteiger partial charge in [0.25, 0.3) is 0 Å². The molecule has 0 aliphatic heterocycles. The molecule has 0 fully saturated rings. The molecule has 0 aromatic heterocycles. The molecule has 0 aromatic carbocycles. The van der Waals surface area contributed by atoms with E-state index in [1.807, 2.05) is 6.92 Å². The summed E-state index contributed by atoms with van der Waals surface area (Å²) in [5, 5.41) is 3.14. The number of alkyl halides is 3. The molecule has 0 radical (unpaired) electrons. The second-order valence-corrected chi connectivity index (χ2v) is 4.13. The molecular weight excluding hydrogens is 219 g/mol. The summed E-state index contributed by atoms with van der Waals surface area (Å²) in [6.07, 6.45) is -2.35. The molecular formula is C11H22F3NO. The van der Waals surface area contributed by atoms with E-state index in [4.69, 9.17) is 0 Å². The highest BCUT2D eigenvalue weighted by Crippen LogP contribution is 2.15. The van der Waals surface area contributed by atoms with Crippen LogP contribution in [-0.4, -0.2) is 32.0 Å². The Morgan fingerprint density at radius 3 is 2.31 bits per heavy atom. The lowest BCUT2D eigenvalue weighted by Crippen LogP contribution is -2.36.